The minimum absolute atomic E-state index is 0.00889. The molecule has 174 valence electrons. The molecule has 1 amide bonds. The summed E-state index contributed by atoms with van der Waals surface area (Å²) in [6.07, 6.45) is 7.80. The zero-order chi connectivity index (χ0) is 23.7. The third-order valence-corrected chi connectivity index (χ3v) is 5.91. The molecule has 9 heteroatoms. The summed E-state index contributed by atoms with van der Waals surface area (Å²) in [6.45, 7) is 8.66. The Balaban J connectivity index is 1.37. The third-order valence-electron chi connectivity index (χ3n) is 5.91. The molecule has 1 saturated heterocycles. The number of anilines is 3. The zero-order valence-electron chi connectivity index (χ0n) is 19.6. The van der Waals surface area contributed by atoms with Gasteiger partial charge in [-0.3, -0.25) is 4.79 Å². The maximum atomic E-state index is 12.3. The van der Waals surface area contributed by atoms with Crippen molar-refractivity contribution in [1.82, 2.24) is 29.9 Å². The predicted octanol–water partition coefficient (Wildman–Crippen LogP) is 3.55. The number of hydrogen-bond donors (Lipinski definition) is 2. The van der Waals surface area contributed by atoms with Crippen molar-refractivity contribution in [3.63, 3.8) is 0 Å². The first-order chi connectivity index (χ1) is 16.4. The summed E-state index contributed by atoms with van der Waals surface area (Å²) >= 11 is 0. The first-order valence-corrected chi connectivity index (χ1v) is 11.4. The van der Waals surface area contributed by atoms with Crippen LogP contribution >= 0.6 is 0 Å². The number of carbonyl (C=O) groups is 1. The van der Waals surface area contributed by atoms with Gasteiger partial charge in [0.15, 0.2) is 0 Å². The Kier molecular flexibility index (Phi) is 5.70. The van der Waals surface area contributed by atoms with Crippen LogP contribution in [0.25, 0.3) is 16.8 Å². The van der Waals surface area contributed by atoms with Crippen LogP contribution in [0.15, 0.2) is 55.1 Å². The summed E-state index contributed by atoms with van der Waals surface area (Å²) in [4.78, 5) is 27.6. The van der Waals surface area contributed by atoms with Gasteiger partial charge in [0.05, 0.1) is 29.3 Å². The second-order valence-corrected chi connectivity index (χ2v) is 9.39. The zero-order valence-corrected chi connectivity index (χ0v) is 19.6. The summed E-state index contributed by atoms with van der Waals surface area (Å²) in [6, 6.07) is 9.73. The van der Waals surface area contributed by atoms with Crippen molar-refractivity contribution in [2.24, 2.45) is 0 Å². The van der Waals surface area contributed by atoms with Gasteiger partial charge in [-0.1, -0.05) is 20.8 Å². The van der Waals surface area contributed by atoms with Crippen LogP contribution in [0.4, 0.5) is 17.5 Å². The molecule has 4 aromatic rings. The van der Waals surface area contributed by atoms with Crippen LogP contribution in [0.1, 0.15) is 32.8 Å². The molecule has 1 aliphatic rings. The highest BCUT2D eigenvalue weighted by Crippen LogP contribution is 2.29. The molecule has 0 aliphatic carbocycles. The van der Waals surface area contributed by atoms with Gasteiger partial charge in [-0.05, 0) is 35.7 Å². The Morgan fingerprint density at radius 2 is 1.94 bits per heavy atom. The number of rotatable bonds is 4. The number of nitrogens with one attached hydrogen (secondary N) is 2. The second kappa shape index (κ2) is 8.83. The van der Waals surface area contributed by atoms with Gasteiger partial charge >= 0.3 is 0 Å². The fourth-order valence-electron chi connectivity index (χ4n) is 4.08. The molecule has 0 bridgehead atoms. The van der Waals surface area contributed by atoms with Gasteiger partial charge < -0.3 is 15.5 Å². The highest BCUT2D eigenvalue weighted by Gasteiger charge is 2.20. The van der Waals surface area contributed by atoms with Crippen LogP contribution in [-0.4, -0.2) is 50.1 Å². The van der Waals surface area contributed by atoms with E-state index in [9.17, 15) is 4.79 Å². The lowest BCUT2D eigenvalue weighted by atomic mass is 9.88. The summed E-state index contributed by atoms with van der Waals surface area (Å²) in [7, 11) is 0. The minimum atomic E-state index is -0.00889. The molecule has 4 aromatic heterocycles. The van der Waals surface area contributed by atoms with Crippen LogP contribution in [0.2, 0.25) is 0 Å². The lowest BCUT2D eigenvalue weighted by Gasteiger charge is -2.20. The molecule has 2 N–H and O–H groups in total. The lowest BCUT2D eigenvalue weighted by Crippen LogP contribution is -2.32. The highest BCUT2D eigenvalue weighted by molar-refractivity contribution is 5.93. The number of fused-ring (bicyclic) bond motifs is 1. The summed E-state index contributed by atoms with van der Waals surface area (Å²) in [5, 5.41) is 10.9. The molecule has 0 radical (unpaired) electrons. The van der Waals surface area contributed by atoms with Crippen LogP contribution in [0.5, 0.6) is 0 Å². The molecule has 0 saturated carbocycles. The SMILES string of the molecule is CC(C)(C)c1cnn2ccc(-c3ccnc(Nc4ccc(N5CCNCCC5=O)cn4)n3)cc12. The molecule has 5 heterocycles. The van der Waals surface area contributed by atoms with Gasteiger partial charge in [0.2, 0.25) is 11.9 Å². The molecule has 34 heavy (non-hydrogen) atoms. The Morgan fingerprint density at radius 3 is 2.74 bits per heavy atom. The summed E-state index contributed by atoms with van der Waals surface area (Å²) in [5.41, 5.74) is 4.82. The monoisotopic (exact) mass is 456 g/mol. The number of nitrogens with zero attached hydrogens (tertiary/aromatic N) is 6. The largest absolute Gasteiger partial charge is 0.314 e. The molecule has 9 nitrogen and oxygen atoms in total. The fraction of sp³-hybridized carbons (Fsp3) is 0.320. The van der Waals surface area contributed by atoms with Crippen LogP contribution in [0.3, 0.4) is 0 Å². The van der Waals surface area contributed by atoms with Gasteiger partial charge in [0, 0.05) is 49.6 Å². The van der Waals surface area contributed by atoms with Gasteiger partial charge in [-0.25, -0.2) is 19.5 Å². The van der Waals surface area contributed by atoms with E-state index in [1.165, 1.54) is 5.56 Å². The highest BCUT2D eigenvalue weighted by atomic mass is 16.2. The normalized spacial score (nSPS) is 14.9. The molecule has 1 aliphatic heterocycles. The average molecular weight is 457 g/mol. The minimum Gasteiger partial charge on any atom is -0.314 e. The molecular weight excluding hydrogens is 428 g/mol. The van der Waals surface area contributed by atoms with Crippen molar-refractivity contribution in [3.05, 3.63) is 60.7 Å². The number of pyridine rings is 2. The van der Waals surface area contributed by atoms with Gasteiger partial charge in [-0.2, -0.15) is 5.10 Å². The Labute approximate surface area is 198 Å². The fourth-order valence-corrected chi connectivity index (χ4v) is 4.08. The van der Waals surface area contributed by atoms with E-state index in [0.717, 1.165) is 29.0 Å². The van der Waals surface area contributed by atoms with E-state index in [4.69, 9.17) is 4.98 Å². The Hall–Kier alpha value is -3.85. The number of carbonyl (C=O) groups excluding carboxylic acids is 1. The van der Waals surface area contributed by atoms with Gasteiger partial charge in [0.1, 0.15) is 5.82 Å². The number of aromatic nitrogens is 5. The van der Waals surface area contributed by atoms with Crippen LogP contribution in [0, 0.1) is 0 Å². The van der Waals surface area contributed by atoms with Crippen molar-refractivity contribution in [2.45, 2.75) is 32.6 Å². The first-order valence-electron chi connectivity index (χ1n) is 11.4. The number of hydrogen-bond acceptors (Lipinski definition) is 7. The summed E-state index contributed by atoms with van der Waals surface area (Å²) in [5.74, 6) is 1.17. The van der Waals surface area contributed by atoms with E-state index >= 15 is 0 Å². The van der Waals surface area contributed by atoms with Crippen molar-refractivity contribution < 1.29 is 4.79 Å². The molecule has 0 unspecified atom stereocenters. The van der Waals surface area contributed by atoms with Crippen molar-refractivity contribution in [3.8, 4) is 11.3 Å². The average Bonchev–Trinajstić information content (AvgIpc) is 3.15. The van der Waals surface area contributed by atoms with Gasteiger partial charge in [-0.15, -0.1) is 0 Å². The molecule has 5 rings (SSSR count). The van der Waals surface area contributed by atoms with E-state index in [-0.39, 0.29) is 11.3 Å². The Morgan fingerprint density at radius 1 is 1.06 bits per heavy atom. The van der Waals surface area contributed by atoms with Crippen molar-refractivity contribution >= 4 is 28.9 Å². The standard InChI is InChI=1S/C25H28N8O/c1-25(2,3)19-16-29-33-12-8-17(14-21(19)33)20-6-10-27-24(30-20)31-22-5-4-18(15-28-22)32-13-11-26-9-7-23(32)34/h4-6,8,10,12,14-16,26H,7,9,11,13H2,1-3H3,(H,27,28,30,31). The van der Waals surface area contributed by atoms with E-state index in [2.05, 4.69) is 52.5 Å². The molecule has 0 atom stereocenters. The predicted molar refractivity (Wildman–Crippen MR) is 132 cm³/mol. The van der Waals surface area contributed by atoms with E-state index in [0.29, 0.717) is 31.3 Å². The number of amides is 1. The lowest BCUT2D eigenvalue weighted by molar-refractivity contribution is -0.118. The smallest absolute Gasteiger partial charge is 0.228 e. The van der Waals surface area contributed by atoms with E-state index in [1.54, 1.807) is 17.3 Å². The summed E-state index contributed by atoms with van der Waals surface area (Å²) < 4.78 is 1.89. The maximum Gasteiger partial charge on any atom is 0.228 e. The topological polar surface area (TPSA) is 100 Å². The Bertz CT molecular complexity index is 1320. The van der Waals surface area contributed by atoms with Crippen LogP contribution in [-0.2, 0) is 10.2 Å². The molecule has 1 fully saturated rings. The van der Waals surface area contributed by atoms with E-state index in [1.807, 2.05) is 41.2 Å². The maximum absolute atomic E-state index is 12.3. The van der Waals surface area contributed by atoms with E-state index < -0.39 is 0 Å². The molecular formula is C25H28N8O. The van der Waals surface area contributed by atoms with Crippen molar-refractivity contribution in [2.75, 3.05) is 29.9 Å². The quantitative estimate of drug-likeness (QED) is 0.484. The van der Waals surface area contributed by atoms with Crippen molar-refractivity contribution in [1.29, 1.82) is 0 Å². The molecule has 0 aromatic carbocycles. The third kappa shape index (κ3) is 4.47. The van der Waals surface area contributed by atoms with Gasteiger partial charge in [0.25, 0.3) is 0 Å². The van der Waals surface area contributed by atoms with Crippen LogP contribution < -0.4 is 15.5 Å². The first kappa shape index (κ1) is 22.0. The molecule has 0 spiro atoms. The second-order valence-electron chi connectivity index (χ2n) is 9.39.